The fourth-order valence-electron chi connectivity index (χ4n) is 3.49. The van der Waals surface area contributed by atoms with Crippen LogP contribution in [-0.2, 0) is 19.5 Å². The van der Waals surface area contributed by atoms with Crippen LogP contribution in [0.25, 0.3) is 0 Å². The van der Waals surface area contributed by atoms with Gasteiger partial charge in [0.1, 0.15) is 28.4 Å². The molecule has 8 nitrogen and oxygen atoms in total. The third-order valence-electron chi connectivity index (χ3n) is 5.42. The predicted molar refractivity (Wildman–Crippen MR) is 137 cm³/mol. The van der Waals surface area contributed by atoms with Gasteiger partial charge in [0.25, 0.3) is 11.8 Å². The largest absolute Gasteiger partial charge is 0.497 e. The Morgan fingerprint density at radius 3 is 2.31 bits per heavy atom. The number of carbonyl (C=O) groups excluding carboxylic acids is 2. The first-order valence-electron chi connectivity index (χ1n) is 11.4. The van der Waals surface area contributed by atoms with Gasteiger partial charge in [-0.1, -0.05) is 12.1 Å². The third-order valence-corrected chi connectivity index (χ3v) is 6.11. The number of rotatable bonds is 12. The van der Waals surface area contributed by atoms with Crippen LogP contribution in [0.4, 0.5) is 0 Å². The van der Waals surface area contributed by atoms with Crippen molar-refractivity contribution >= 4 is 23.6 Å². The van der Waals surface area contributed by atoms with E-state index in [-0.39, 0.29) is 17.7 Å². The molecule has 0 spiro atoms. The highest BCUT2D eigenvalue weighted by Gasteiger charge is 2.19. The van der Waals surface area contributed by atoms with Crippen molar-refractivity contribution in [1.29, 1.82) is 0 Å². The zero-order chi connectivity index (χ0) is 25.2. The summed E-state index contributed by atoms with van der Waals surface area (Å²) in [5, 5.41) is 5.50. The van der Waals surface area contributed by atoms with E-state index in [2.05, 4.69) is 10.6 Å². The molecule has 0 radical (unpaired) electrons. The summed E-state index contributed by atoms with van der Waals surface area (Å²) in [6.07, 6.45) is 6.45. The van der Waals surface area contributed by atoms with Crippen molar-refractivity contribution in [2.45, 2.75) is 32.9 Å². The van der Waals surface area contributed by atoms with Gasteiger partial charge in [-0.15, -0.1) is 0 Å². The molecule has 2 amide bonds. The highest BCUT2D eigenvalue weighted by Crippen LogP contribution is 2.13. The number of nitrogens with zero attached hydrogens (tertiary/aromatic N) is 1. The highest BCUT2D eigenvalue weighted by atomic mass is 32.2. The van der Waals surface area contributed by atoms with Gasteiger partial charge in [-0.05, 0) is 61.6 Å². The Morgan fingerprint density at radius 1 is 1.03 bits per heavy atom. The van der Waals surface area contributed by atoms with Crippen molar-refractivity contribution in [2.24, 2.45) is 0 Å². The minimum atomic E-state index is -0.596. The molecular formula is C26H31N3O5S. The number of amides is 2. The van der Waals surface area contributed by atoms with Crippen molar-refractivity contribution in [1.82, 2.24) is 15.2 Å². The number of aromatic nitrogens is 1. The van der Waals surface area contributed by atoms with Crippen molar-refractivity contribution in [3.05, 3.63) is 87.2 Å². The molecule has 2 heterocycles. The molecule has 0 saturated heterocycles. The number of carbonyl (C=O) groups is 2. The first-order chi connectivity index (χ1) is 16.9. The second kappa shape index (κ2) is 12.9. The lowest BCUT2D eigenvalue weighted by atomic mass is 10.1. The normalized spacial score (nSPS) is 10.7. The van der Waals surface area contributed by atoms with Crippen molar-refractivity contribution in [3.63, 3.8) is 0 Å². The average molecular weight is 498 g/mol. The molecular weight excluding hydrogens is 466 g/mol. The van der Waals surface area contributed by atoms with E-state index >= 15 is 0 Å². The smallest absolute Gasteiger partial charge is 0.257 e. The van der Waals surface area contributed by atoms with E-state index in [1.807, 2.05) is 37.4 Å². The molecule has 0 bridgehead atoms. The fraction of sp³-hybridized carbons (Fsp3) is 0.346. The molecule has 35 heavy (non-hydrogen) atoms. The van der Waals surface area contributed by atoms with Crippen molar-refractivity contribution in [3.8, 4) is 5.75 Å². The molecule has 0 atom stereocenters. The summed E-state index contributed by atoms with van der Waals surface area (Å²) >= 11 is 1.69. The highest BCUT2D eigenvalue weighted by molar-refractivity contribution is 7.98. The van der Waals surface area contributed by atoms with Gasteiger partial charge in [-0.25, -0.2) is 0 Å². The Morgan fingerprint density at radius 2 is 1.71 bits per heavy atom. The molecule has 0 unspecified atom stereocenters. The lowest BCUT2D eigenvalue weighted by molar-refractivity contribution is 0.0945. The van der Waals surface area contributed by atoms with Gasteiger partial charge in [0.2, 0.25) is 5.43 Å². The molecule has 2 N–H and O–H groups in total. The molecule has 0 aliphatic rings. The van der Waals surface area contributed by atoms with Crippen LogP contribution in [0.1, 0.15) is 44.2 Å². The van der Waals surface area contributed by atoms with Crippen molar-refractivity contribution in [2.75, 3.05) is 25.7 Å². The number of methoxy groups -OCH3 is 1. The quantitative estimate of drug-likeness (QED) is 0.372. The van der Waals surface area contributed by atoms with E-state index in [1.165, 1.54) is 12.4 Å². The van der Waals surface area contributed by atoms with Crippen LogP contribution >= 0.6 is 11.8 Å². The first-order valence-corrected chi connectivity index (χ1v) is 12.8. The summed E-state index contributed by atoms with van der Waals surface area (Å²) in [7, 11) is 1.61. The molecule has 1 aromatic carbocycles. The molecule has 3 aromatic rings. The van der Waals surface area contributed by atoms with Crippen LogP contribution < -0.4 is 20.8 Å². The molecule has 2 aromatic heterocycles. The van der Waals surface area contributed by atoms with Gasteiger partial charge in [0.05, 0.1) is 13.7 Å². The number of pyridine rings is 1. The molecule has 0 aliphatic heterocycles. The summed E-state index contributed by atoms with van der Waals surface area (Å²) in [6.45, 7) is 2.90. The molecule has 3 rings (SSSR count). The molecule has 0 aliphatic carbocycles. The van der Waals surface area contributed by atoms with Gasteiger partial charge < -0.3 is 24.4 Å². The zero-order valence-corrected chi connectivity index (χ0v) is 21.1. The maximum atomic E-state index is 13.1. The maximum Gasteiger partial charge on any atom is 0.257 e. The summed E-state index contributed by atoms with van der Waals surface area (Å²) in [5.74, 6) is 1.95. The van der Waals surface area contributed by atoms with Gasteiger partial charge in [-0.3, -0.25) is 14.4 Å². The summed E-state index contributed by atoms with van der Waals surface area (Å²) < 4.78 is 12.4. The minimum absolute atomic E-state index is 0.0506. The average Bonchev–Trinajstić information content (AvgIpc) is 3.29. The van der Waals surface area contributed by atoms with Crippen LogP contribution in [0.2, 0.25) is 0 Å². The molecule has 9 heteroatoms. The second-order valence-electron chi connectivity index (χ2n) is 8.05. The van der Waals surface area contributed by atoms with Gasteiger partial charge in [0, 0.05) is 25.5 Å². The van der Waals surface area contributed by atoms with E-state index < -0.39 is 17.2 Å². The Labute approximate surface area is 209 Å². The Hall–Kier alpha value is -3.46. The second-order valence-corrected chi connectivity index (χ2v) is 9.03. The Kier molecular flexibility index (Phi) is 9.60. The number of benzene rings is 1. The number of hydrogen-bond donors (Lipinski definition) is 2. The number of ether oxygens (including phenoxy) is 1. The van der Waals surface area contributed by atoms with Gasteiger partial charge >= 0.3 is 0 Å². The predicted octanol–water partition coefficient (Wildman–Crippen LogP) is 3.41. The maximum absolute atomic E-state index is 13.1. The van der Waals surface area contributed by atoms with Crippen LogP contribution in [0.5, 0.6) is 5.75 Å². The van der Waals surface area contributed by atoms with Gasteiger partial charge in [-0.2, -0.15) is 11.8 Å². The molecule has 186 valence electrons. The lowest BCUT2D eigenvalue weighted by Crippen LogP contribution is -2.35. The van der Waals surface area contributed by atoms with Crippen LogP contribution in [0.15, 0.2) is 58.0 Å². The zero-order valence-electron chi connectivity index (χ0n) is 20.3. The van der Waals surface area contributed by atoms with Crippen molar-refractivity contribution < 1.29 is 18.7 Å². The number of hydrogen-bond acceptors (Lipinski definition) is 6. The van der Waals surface area contributed by atoms with E-state index in [9.17, 15) is 14.4 Å². The fourth-order valence-corrected chi connectivity index (χ4v) is 3.92. The van der Waals surface area contributed by atoms with E-state index in [0.717, 1.165) is 29.2 Å². The Bertz CT molecular complexity index is 1200. The van der Waals surface area contributed by atoms with E-state index in [1.54, 1.807) is 35.6 Å². The number of nitrogens with one attached hydrogen (secondary N) is 2. The van der Waals surface area contributed by atoms with E-state index in [0.29, 0.717) is 25.3 Å². The van der Waals surface area contributed by atoms with Crippen LogP contribution in [-0.4, -0.2) is 42.0 Å². The number of aryl methyl sites for hydroxylation is 3. The molecule has 0 fully saturated rings. The first kappa shape index (κ1) is 26.2. The monoisotopic (exact) mass is 497 g/mol. The summed E-state index contributed by atoms with van der Waals surface area (Å²) in [6, 6.07) is 11.2. The van der Waals surface area contributed by atoms with Gasteiger partial charge in [0.15, 0.2) is 0 Å². The van der Waals surface area contributed by atoms with Crippen LogP contribution in [0, 0.1) is 6.92 Å². The standard InChI is InChI=1S/C26H31N3O5S/c1-18-5-8-21(34-18)15-28-26(32)23-17-29(13-11-19-6-9-20(33-2)10-7-19)16-22(24(23)30)25(31)27-12-4-14-35-3/h5-10,16-17H,4,11-15H2,1-3H3,(H,27,31)(H,28,32). The minimum Gasteiger partial charge on any atom is -0.497 e. The van der Waals surface area contributed by atoms with E-state index in [4.69, 9.17) is 9.15 Å². The third kappa shape index (κ3) is 7.51. The van der Waals surface area contributed by atoms with Crippen LogP contribution in [0.3, 0.4) is 0 Å². The lowest BCUT2D eigenvalue weighted by Gasteiger charge is -2.13. The number of furan rings is 1. The summed E-state index contributed by atoms with van der Waals surface area (Å²) in [4.78, 5) is 38.8. The topological polar surface area (TPSA) is 103 Å². The SMILES string of the molecule is COc1ccc(CCn2cc(C(=O)NCCCSC)c(=O)c(C(=O)NCc3ccc(C)o3)c2)cc1. The summed E-state index contributed by atoms with van der Waals surface area (Å²) in [5.41, 5.74) is 0.332. The Balaban J connectivity index is 1.81. The number of thioether (sulfide) groups is 1. The molecule has 0 saturated carbocycles.